The van der Waals surface area contributed by atoms with Gasteiger partial charge >= 0.3 is 6.03 Å². The van der Waals surface area contributed by atoms with E-state index >= 15 is 0 Å². The Labute approximate surface area is 137 Å². The van der Waals surface area contributed by atoms with Crippen LogP contribution in [-0.2, 0) is 6.54 Å². The third kappa shape index (κ3) is 3.92. The van der Waals surface area contributed by atoms with Crippen molar-refractivity contribution in [2.24, 2.45) is 5.92 Å². The highest BCUT2D eigenvalue weighted by Crippen LogP contribution is 2.20. The molecule has 2 heterocycles. The Hall–Kier alpha value is -2.30. The Kier molecular flexibility index (Phi) is 4.65. The van der Waals surface area contributed by atoms with Crippen LogP contribution >= 0.6 is 0 Å². The van der Waals surface area contributed by atoms with Crippen molar-refractivity contribution in [2.75, 3.05) is 18.4 Å². The third-order valence-electron chi connectivity index (χ3n) is 4.66. The van der Waals surface area contributed by atoms with E-state index in [9.17, 15) is 4.79 Å². The fourth-order valence-electron chi connectivity index (χ4n) is 3.01. The molecule has 3 rings (SSSR count). The highest BCUT2D eigenvalue weighted by Gasteiger charge is 2.23. The number of piperidine rings is 1. The molecule has 1 N–H and O–H groups in total. The highest BCUT2D eigenvalue weighted by atomic mass is 16.2. The van der Waals surface area contributed by atoms with Gasteiger partial charge < -0.3 is 10.2 Å². The van der Waals surface area contributed by atoms with E-state index in [1.807, 2.05) is 46.2 Å². The summed E-state index contributed by atoms with van der Waals surface area (Å²) in [4.78, 5) is 14.3. The minimum absolute atomic E-state index is 0.00536. The molecule has 2 amide bonds. The second kappa shape index (κ2) is 6.86. The Morgan fingerprint density at radius 2 is 2.04 bits per heavy atom. The standard InChI is InChI=1S/C18H24N4O/c1-14-4-5-17(12-15(14)2)20-18(23)21-10-6-16(7-11-21)13-22-9-3-8-19-22/h3-5,8-9,12,16H,6-7,10-11,13H2,1-2H3,(H,20,23). The van der Waals surface area contributed by atoms with Gasteiger partial charge in [0.05, 0.1) is 0 Å². The van der Waals surface area contributed by atoms with Gasteiger partial charge in [-0.2, -0.15) is 5.10 Å². The molecule has 1 aliphatic rings. The van der Waals surface area contributed by atoms with Crippen LogP contribution in [0.25, 0.3) is 0 Å². The quantitative estimate of drug-likeness (QED) is 0.944. The number of amides is 2. The molecule has 5 nitrogen and oxygen atoms in total. The van der Waals surface area contributed by atoms with Crippen LogP contribution in [0.4, 0.5) is 10.5 Å². The molecule has 1 aliphatic heterocycles. The first-order valence-corrected chi connectivity index (χ1v) is 8.22. The molecule has 1 saturated heterocycles. The predicted octanol–water partition coefficient (Wildman–Crippen LogP) is 3.44. The molecular formula is C18H24N4O. The van der Waals surface area contributed by atoms with Crippen molar-refractivity contribution in [3.63, 3.8) is 0 Å². The normalized spacial score (nSPS) is 15.7. The second-order valence-corrected chi connectivity index (χ2v) is 6.39. The fourth-order valence-corrected chi connectivity index (χ4v) is 3.01. The summed E-state index contributed by atoms with van der Waals surface area (Å²) in [5.41, 5.74) is 3.31. The zero-order valence-electron chi connectivity index (χ0n) is 13.8. The van der Waals surface area contributed by atoms with Crippen molar-refractivity contribution < 1.29 is 4.79 Å². The van der Waals surface area contributed by atoms with Crippen LogP contribution < -0.4 is 5.32 Å². The topological polar surface area (TPSA) is 50.2 Å². The van der Waals surface area contributed by atoms with Crippen LogP contribution in [0.1, 0.15) is 24.0 Å². The van der Waals surface area contributed by atoms with Gasteiger partial charge in [-0.25, -0.2) is 4.79 Å². The molecule has 0 spiro atoms. The third-order valence-corrected chi connectivity index (χ3v) is 4.66. The van der Waals surface area contributed by atoms with Crippen LogP contribution in [-0.4, -0.2) is 33.8 Å². The molecule has 0 saturated carbocycles. The van der Waals surface area contributed by atoms with Gasteiger partial charge in [-0.15, -0.1) is 0 Å². The van der Waals surface area contributed by atoms with E-state index < -0.39 is 0 Å². The van der Waals surface area contributed by atoms with Crippen LogP contribution in [0, 0.1) is 19.8 Å². The molecule has 1 fully saturated rings. The van der Waals surface area contributed by atoms with Gasteiger partial charge in [0.25, 0.3) is 0 Å². The summed E-state index contributed by atoms with van der Waals surface area (Å²) in [6.07, 6.45) is 5.87. The molecular weight excluding hydrogens is 288 g/mol. The summed E-state index contributed by atoms with van der Waals surface area (Å²) in [5, 5.41) is 7.27. The lowest BCUT2D eigenvalue weighted by atomic mass is 9.97. The molecule has 0 unspecified atom stereocenters. The van der Waals surface area contributed by atoms with Crippen molar-refractivity contribution in [1.29, 1.82) is 0 Å². The largest absolute Gasteiger partial charge is 0.325 e. The van der Waals surface area contributed by atoms with Crippen LogP contribution in [0.3, 0.4) is 0 Å². The summed E-state index contributed by atoms with van der Waals surface area (Å²) >= 11 is 0. The lowest BCUT2D eigenvalue weighted by Crippen LogP contribution is -2.41. The molecule has 2 aromatic rings. The molecule has 5 heteroatoms. The van der Waals surface area contributed by atoms with Gasteiger partial charge in [0, 0.05) is 37.7 Å². The summed E-state index contributed by atoms with van der Waals surface area (Å²) in [6.45, 7) is 6.70. The van der Waals surface area contributed by atoms with Crippen LogP contribution in [0.15, 0.2) is 36.7 Å². The second-order valence-electron chi connectivity index (χ2n) is 6.39. The van der Waals surface area contributed by atoms with Crippen molar-refractivity contribution in [3.8, 4) is 0 Å². The molecule has 1 aromatic carbocycles. The minimum atomic E-state index is 0.00536. The van der Waals surface area contributed by atoms with Gasteiger partial charge in [0.1, 0.15) is 0 Å². The van der Waals surface area contributed by atoms with Crippen molar-refractivity contribution in [3.05, 3.63) is 47.8 Å². The van der Waals surface area contributed by atoms with Gasteiger partial charge in [0.2, 0.25) is 0 Å². The molecule has 122 valence electrons. The van der Waals surface area contributed by atoms with Crippen LogP contribution in [0.5, 0.6) is 0 Å². The number of anilines is 1. The van der Waals surface area contributed by atoms with E-state index in [2.05, 4.69) is 24.3 Å². The smallest absolute Gasteiger partial charge is 0.321 e. The summed E-state index contributed by atoms with van der Waals surface area (Å²) in [6, 6.07) is 7.99. The van der Waals surface area contributed by atoms with Gasteiger partial charge in [-0.3, -0.25) is 4.68 Å². The first-order chi connectivity index (χ1) is 11.1. The highest BCUT2D eigenvalue weighted by molar-refractivity contribution is 5.89. The lowest BCUT2D eigenvalue weighted by molar-refractivity contribution is 0.175. The zero-order valence-corrected chi connectivity index (χ0v) is 13.8. The number of hydrogen-bond acceptors (Lipinski definition) is 2. The van der Waals surface area contributed by atoms with Crippen molar-refractivity contribution >= 4 is 11.7 Å². The Balaban J connectivity index is 1.50. The molecule has 0 atom stereocenters. The Morgan fingerprint density at radius 3 is 2.70 bits per heavy atom. The zero-order chi connectivity index (χ0) is 16.2. The van der Waals surface area contributed by atoms with E-state index in [1.165, 1.54) is 11.1 Å². The van der Waals surface area contributed by atoms with E-state index in [1.54, 1.807) is 0 Å². The number of likely N-dealkylation sites (tertiary alicyclic amines) is 1. The number of rotatable bonds is 3. The predicted molar refractivity (Wildman–Crippen MR) is 91.5 cm³/mol. The molecule has 0 bridgehead atoms. The minimum Gasteiger partial charge on any atom is -0.325 e. The number of urea groups is 1. The molecule has 1 aromatic heterocycles. The number of hydrogen-bond donors (Lipinski definition) is 1. The van der Waals surface area contributed by atoms with Crippen molar-refractivity contribution in [1.82, 2.24) is 14.7 Å². The SMILES string of the molecule is Cc1ccc(NC(=O)N2CCC(Cn3cccn3)CC2)cc1C. The number of aryl methyl sites for hydroxylation is 2. The first kappa shape index (κ1) is 15.6. The van der Waals surface area contributed by atoms with Crippen LogP contribution in [0.2, 0.25) is 0 Å². The average molecular weight is 312 g/mol. The lowest BCUT2D eigenvalue weighted by Gasteiger charge is -2.32. The number of benzene rings is 1. The van der Waals surface area contributed by atoms with E-state index in [-0.39, 0.29) is 6.03 Å². The number of nitrogens with one attached hydrogen (secondary N) is 1. The number of aromatic nitrogens is 2. The summed E-state index contributed by atoms with van der Waals surface area (Å²) in [5.74, 6) is 0.598. The number of nitrogens with zero attached hydrogens (tertiary/aromatic N) is 3. The monoisotopic (exact) mass is 312 g/mol. The Bertz CT molecular complexity index is 658. The van der Waals surface area contributed by atoms with E-state index in [0.717, 1.165) is 38.2 Å². The first-order valence-electron chi connectivity index (χ1n) is 8.22. The summed E-state index contributed by atoms with van der Waals surface area (Å²) in [7, 11) is 0. The number of carbonyl (C=O) groups is 1. The molecule has 0 aliphatic carbocycles. The van der Waals surface area contributed by atoms with Gasteiger partial charge in [-0.05, 0) is 61.9 Å². The Morgan fingerprint density at radius 1 is 1.26 bits per heavy atom. The van der Waals surface area contributed by atoms with Gasteiger partial charge in [0.15, 0.2) is 0 Å². The molecule has 23 heavy (non-hydrogen) atoms. The van der Waals surface area contributed by atoms with E-state index in [0.29, 0.717) is 5.92 Å². The maximum absolute atomic E-state index is 12.4. The maximum atomic E-state index is 12.4. The molecule has 0 radical (unpaired) electrons. The fraction of sp³-hybridized carbons (Fsp3) is 0.444. The van der Waals surface area contributed by atoms with Crippen molar-refractivity contribution in [2.45, 2.75) is 33.2 Å². The average Bonchev–Trinajstić information content (AvgIpc) is 3.04. The summed E-state index contributed by atoms with van der Waals surface area (Å²) < 4.78 is 1.98. The maximum Gasteiger partial charge on any atom is 0.321 e. The van der Waals surface area contributed by atoms with E-state index in [4.69, 9.17) is 0 Å². The van der Waals surface area contributed by atoms with Gasteiger partial charge in [-0.1, -0.05) is 6.07 Å². The number of carbonyl (C=O) groups excluding carboxylic acids is 1.